The molecular formula is C19H26F3N3O3. The molecule has 0 aliphatic carbocycles. The molecule has 0 aromatic carbocycles. The van der Waals surface area contributed by atoms with Gasteiger partial charge in [-0.1, -0.05) is 0 Å². The molecule has 2 saturated heterocycles. The molecule has 1 aromatic rings. The number of carbonyl (C=O) groups is 2. The van der Waals surface area contributed by atoms with Crippen molar-refractivity contribution in [2.24, 2.45) is 11.8 Å². The number of likely N-dealkylation sites (tertiary alicyclic amines) is 2. The van der Waals surface area contributed by atoms with E-state index in [0.717, 1.165) is 30.9 Å². The number of hydrogen-bond donors (Lipinski definition) is 1. The van der Waals surface area contributed by atoms with E-state index in [1.807, 2.05) is 24.0 Å². The van der Waals surface area contributed by atoms with Crippen LogP contribution in [0.4, 0.5) is 13.2 Å². The number of carboxylic acid groups (broad SMARTS) is 1. The lowest BCUT2D eigenvalue weighted by Crippen LogP contribution is -2.43. The van der Waals surface area contributed by atoms with Crippen molar-refractivity contribution in [1.29, 1.82) is 0 Å². The Balaban J connectivity index is 0.000000345. The molecule has 2 fully saturated rings. The predicted octanol–water partition coefficient (Wildman–Crippen LogP) is 2.83. The van der Waals surface area contributed by atoms with Crippen LogP contribution in [0.5, 0.6) is 0 Å². The van der Waals surface area contributed by atoms with Gasteiger partial charge in [0.05, 0.1) is 5.56 Å². The van der Waals surface area contributed by atoms with E-state index in [4.69, 9.17) is 9.90 Å². The Hall–Kier alpha value is -2.16. The molecule has 2 atom stereocenters. The molecule has 0 unspecified atom stereocenters. The van der Waals surface area contributed by atoms with Gasteiger partial charge in [0, 0.05) is 37.6 Å². The van der Waals surface area contributed by atoms with Crippen LogP contribution in [0.1, 0.15) is 36.3 Å². The minimum Gasteiger partial charge on any atom is -0.475 e. The Morgan fingerprint density at radius 1 is 1.18 bits per heavy atom. The molecule has 3 rings (SSSR count). The molecule has 0 bridgehead atoms. The summed E-state index contributed by atoms with van der Waals surface area (Å²) in [6.45, 7) is 10.6. The van der Waals surface area contributed by atoms with Crippen LogP contribution in [0.2, 0.25) is 0 Å². The Labute approximate surface area is 162 Å². The van der Waals surface area contributed by atoms with E-state index in [0.29, 0.717) is 17.9 Å². The zero-order valence-corrected chi connectivity index (χ0v) is 16.2. The summed E-state index contributed by atoms with van der Waals surface area (Å²) in [5, 5.41) is 7.12. The van der Waals surface area contributed by atoms with Gasteiger partial charge in [-0.2, -0.15) is 13.2 Å². The number of carboxylic acids is 1. The lowest BCUT2D eigenvalue weighted by molar-refractivity contribution is -0.192. The zero-order valence-electron chi connectivity index (χ0n) is 16.2. The van der Waals surface area contributed by atoms with Crippen molar-refractivity contribution in [2.75, 3.05) is 26.2 Å². The fourth-order valence-electron chi connectivity index (χ4n) is 3.61. The summed E-state index contributed by atoms with van der Waals surface area (Å²) in [7, 11) is 0. The van der Waals surface area contributed by atoms with Crippen molar-refractivity contribution in [3.63, 3.8) is 0 Å². The van der Waals surface area contributed by atoms with Crippen LogP contribution >= 0.6 is 0 Å². The largest absolute Gasteiger partial charge is 0.490 e. The Bertz CT molecular complexity index is 692. The summed E-state index contributed by atoms with van der Waals surface area (Å²) in [6, 6.07) is 4.42. The van der Waals surface area contributed by atoms with Gasteiger partial charge in [-0.3, -0.25) is 9.78 Å². The zero-order chi connectivity index (χ0) is 21.1. The lowest BCUT2D eigenvalue weighted by Gasteiger charge is -2.36. The highest BCUT2D eigenvalue weighted by molar-refractivity contribution is 5.94. The average molecular weight is 401 g/mol. The van der Waals surface area contributed by atoms with Gasteiger partial charge in [0.1, 0.15) is 0 Å². The van der Waals surface area contributed by atoms with Gasteiger partial charge in [0.15, 0.2) is 0 Å². The van der Waals surface area contributed by atoms with E-state index in [1.54, 1.807) is 6.20 Å². The van der Waals surface area contributed by atoms with E-state index in [-0.39, 0.29) is 5.91 Å². The quantitative estimate of drug-likeness (QED) is 0.825. The number of halogens is 3. The molecule has 28 heavy (non-hydrogen) atoms. The van der Waals surface area contributed by atoms with Crippen molar-refractivity contribution in [3.8, 4) is 0 Å². The molecular weight excluding hydrogens is 375 g/mol. The van der Waals surface area contributed by atoms with Crippen LogP contribution in [0.3, 0.4) is 0 Å². The SMILES string of the molecule is Cc1ccc(C(=O)N2C[C@@H]3CCN(C(C)C)C[C@@H]3C2)cn1.O=C(O)C(F)(F)F. The molecule has 2 aliphatic rings. The molecule has 0 saturated carbocycles. The Morgan fingerprint density at radius 3 is 2.29 bits per heavy atom. The molecule has 0 radical (unpaired) electrons. The molecule has 3 heterocycles. The Kier molecular flexibility index (Phi) is 7.03. The fraction of sp³-hybridized carbons (Fsp3) is 0.632. The van der Waals surface area contributed by atoms with E-state index >= 15 is 0 Å². The number of aryl methyl sites for hydroxylation is 1. The molecule has 9 heteroatoms. The van der Waals surface area contributed by atoms with E-state index in [2.05, 4.69) is 23.7 Å². The highest BCUT2D eigenvalue weighted by Crippen LogP contribution is 2.32. The number of alkyl halides is 3. The highest BCUT2D eigenvalue weighted by atomic mass is 19.4. The van der Waals surface area contributed by atoms with E-state index in [1.165, 1.54) is 13.0 Å². The first kappa shape index (κ1) is 22.1. The van der Waals surface area contributed by atoms with E-state index in [9.17, 15) is 18.0 Å². The standard InChI is InChI=1S/C17H25N3O.C2HF3O2/c1-12(2)19-7-6-15-9-20(11-16(15)10-19)17(21)14-5-4-13(3)18-8-14;3-2(4,5)1(6)7/h4-5,8,12,15-16H,6-7,9-11H2,1-3H3;(H,6,7)/t15-,16+;/m0./s1. The summed E-state index contributed by atoms with van der Waals surface area (Å²) >= 11 is 0. The average Bonchev–Trinajstić information content (AvgIpc) is 3.04. The van der Waals surface area contributed by atoms with Gasteiger partial charge in [0.2, 0.25) is 0 Å². The minimum atomic E-state index is -5.08. The first-order valence-corrected chi connectivity index (χ1v) is 9.25. The summed E-state index contributed by atoms with van der Waals surface area (Å²) in [5.41, 5.74) is 1.68. The Morgan fingerprint density at radius 2 is 1.79 bits per heavy atom. The maximum atomic E-state index is 12.6. The summed E-state index contributed by atoms with van der Waals surface area (Å²) in [5.74, 6) is -1.29. The number of hydrogen-bond acceptors (Lipinski definition) is 4. The van der Waals surface area contributed by atoms with Gasteiger partial charge in [-0.15, -0.1) is 0 Å². The first-order chi connectivity index (χ1) is 13.0. The van der Waals surface area contributed by atoms with Gasteiger partial charge in [-0.05, 0) is 57.7 Å². The molecule has 1 amide bonds. The number of rotatable bonds is 2. The van der Waals surface area contributed by atoms with Gasteiger partial charge in [0.25, 0.3) is 5.91 Å². The molecule has 1 N–H and O–H groups in total. The summed E-state index contributed by atoms with van der Waals surface area (Å²) in [6.07, 6.45) is -2.15. The van der Waals surface area contributed by atoms with Gasteiger partial charge < -0.3 is 14.9 Å². The molecule has 2 aliphatic heterocycles. The maximum Gasteiger partial charge on any atom is 0.490 e. The fourth-order valence-corrected chi connectivity index (χ4v) is 3.61. The number of carbonyl (C=O) groups excluding carboxylic acids is 1. The molecule has 6 nitrogen and oxygen atoms in total. The third-order valence-corrected chi connectivity index (χ3v) is 5.25. The van der Waals surface area contributed by atoms with Crippen LogP contribution in [-0.2, 0) is 4.79 Å². The lowest BCUT2D eigenvalue weighted by atomic mass is 9.88. The summed E-state index contributed by atoms with van der Waals surface area (Å²) < 4.78 is 31.7. The van der Waals surface area contributed by atoms with Crippen molar-refractivity contribution < 1.29 is 27.9 Å². The second-order valence-corrected chi connectivity index (χ2v) is 7.60. The van der Waals surface area contributed by atoms with Crippen LogP contribution < -0.4 is 0 Å². The molecule has 0 spiro atoms. The maximum absolute atomic E-state index is 12.6. The normalized spacial score (nSPS) is 22.5. The second-order valence-electron chi connectivity index (χ2n) is 7.60. The third kappa shape index (κ3) is 5.67. The topological polar surface area (TPSA) is 73.7 Å². The number of amides is 1. The molecule has 1 aromatic heterocycles. The van der Waals surface area contributed by atoms with Crippen LogP contribution in [-0.4, -0.2) is 70.2 Å². The molecule has 156 valence electrons. The number of piperidine rings is 1. The smallest absolute Gasteiger partial charge is 0.475 e. The van der Waals surface area contributed by atoms with Gasteiger partial charge in [-0.25, -0.2) is 4.79 Å². The number of nitrogens with zero attached hydrogens (tertiary/aromatic N) is 3. The minimum absolute atomic E-state index is 0.146. The van der Waals surface area contributed by atoms with Crippen LogP contribution in [0.25, 0.3) is 0 Å². The van der Waals surface area contributed by atoms with Crippen molar-refractivity contribution in [3.05, 3.63) is 29.6 Å². The first-order valence-electron chi connectivity index (χ1n) is 9.25. The van der Waals surface area contributed by atoms with Crippen molar-refractivity contribution in [1.82, 2.24) is 14.8 Å². The van der Waals surface area contributed by atoms with Gasteiger partial charge >= 0.3 is 12.1 Å². The van der Waals surface area contributed by atoms with Crippen LogP contribution in [0, 0.1) is 18.8 Å². The van der Waals surface area contributed by atoms with Crippen LogP contribution in [0.15, 0.2) is 18.3 Å². The summed E-state index contributed by atoms with van der Waals surface area (Å²) in [4.78, 5) is 30.3. The third-order valence-electron chi connectivity index (χ3n) is 5.25. The van der Waals surface area contributed by atoms with Crippen molar-refractivity contribution in [2.45, 2.75) is 39.4 Å². The number of pyridine rings is 1. The monoisotopic (exact) mass is 401 g/mol. The number of aromatic nitrogens is 1. The highest BCUT2D eigenvalue weighted by Gasteiger charge is 2.39. The van der Waals surface area contributed by atoms with Crippen molar-refractivity contribution >= 4 is 11.9 Å². The number of fused-ring (bicyclic) bond motifs is 1. The second kappa shape index (κ2) is 8.89. The predicted molar refractivity (Wildman–Crippen MR) is 96.9 cm³/mol. The van der Waals surface area contributed by atoms with E-state index < -0.39 is 12.1 Å². The number of aliphatic carboxylic acids is 1.